The van der Waals surface area contributed by atoms with Gasteiger partial charge in [0, 0.05) is 13.1 Å². The van der Waals surface area contributed by atoms with Crippen molar-refractivity contribution in [3.63, 3.8) is 0 Å². The lowest BCUT2D eigenvalue weighted by Gasteiger charge is -2.25. The molecule has 1 amide bonds. The topological polar surface area (TPSA) is 66.5 Å². The van der Waals surface area contributed by atoms with Gasteiger partial charge in [0.2, 0.25) is 15.9 Å². The number of hydrogen-bond acceptors (Lipinski definition) is 3. The maximum absolute atomic E-state index is 13.1. The van der Waals surface area contributed by atoms with Gasteiger partial charge in [-0.1, -0.05) is 23.8 Å². The van der Waals surface area contributed by atoms with Gasteiger partial charge in [-0.25, -0.2) is 8.42 Å². The van der Waals surface area contributed by atoms with Gasteiger partial charge in [0.15, 0.2) is 0 Å². The van der Waals surface area contributed by atoms with E-state index in [9.17, 15) is 13.2 Å². The van der Waals surface area contributed by atoms with Crippen LogP contribution in [0.5, 0.6) is 0 Å². The fraction of sp³-hybridized carbons (Fsp3) is 0.471. The number of carbonyl (C=O) groups excluding carboxylic acids is 1. The van der Waals surface area contributed by atoms with E-state index in [0.717, 1.165) is 16.7 Å². The third-order valence-electron chi connectivity index (χ3n) is 4.10. The van der Waals surface area contributed by atoms with E-state index in [4.69, 9.17) is 0 Å². The quantitative estimate of drug-likeness (QED) is 0.837. The Labute approximate surface area is 138 Å². The van der Waals surface area contributed by atoms with Gasteiger partial charge in [-0.05, 0) is 44.7 Å². The van der Waals surface area contributed by atoms with Crippen molar-refractivity contribution in [2.45, 2.75) is 44.6 Å². The zero-order chi connectivity index (χ0) is 17.2. The van der Waals surface area contributed by atoms with Crippen LogP contribution in [0.3, 0.4) is 0 Å². The highest BCUT2D eigenvalue weighted by Gasteiger charge is 2.40. The molecule has 1 aromatic carbocycles. The van der Waals surface area contributed by atoms with Gasteiger partial charge in [0.25, 0.3) is 0 Å². The molecule has 0 aliphatic carbocycles. The number of sulfonamides is 1. The lowest BCUT2D eigenvalue weighted by Crippen LogP contribution is -2.46. The van der Waals surface area contributed by atoms with Crippen LogP contribution < -0.4 is 5.32 Å². The second kappa shape index (κ2) is 6.84. The molecule has 5 nitrogen and oxygen atoms in total. The highest BCUT2D eigenvalue weighted by Crippen LogP contribution is 2.30. The average Bonchev–Trinajstić information content (AvgIpc) is 2.93. The Morgan fingerprint density at radius 1 is 1.35 bits per heavy atom. The number of hydrogen-bond donors (Lipinski definition) is 1. The number of amides is 1. The molecule has 1 aromatic rings. The lowest BCUT2D eigenvalue weighted by atomic mass is 10.1. The fourth-order valence-corrected chi connectivity index (χ4v) is 5.34. The Hall–Kier alpha value is -1.66. The first-order valence-corrected chi connectivity index (χ1v) is 9.21. The molecule has 1 unspecified atom stereocenters. The minimum atomic E-state index is -3.69. The van der Waals surface area contributed by atoms with Gasteiger partial charge in [-0.15, -0.1) is 6.58 Å². The Morgan fingerprint density at radius 3 is 2.52 bits per heavy atom. The number of rotatable bonds is 5. The monoisotopic (exact) mass is 336 g/mol. The second-order valence-electron chi connectivity index (χ2n) is 6.04. The fourth-order valence-electron chi connectivity index (χ4n) is 3.27. The SMILES string of the molecule is C=CCNC(=O)C1CCCN1S(=O)(=O)c1c(C)cc(C)cc1C. The standard InChI is InChI=1S/C17H24N2O3S/c1-5-8-18-17(20)15-7-6-9-19(15)23(21,22)16-13(3)10-12(2)11-14(16)4/h5,10-11,15H,1,6-9H2,2-4H3,(H,18,20). The number of carbonyl (C=O) groups is 1. The molecular formula is C17H24N2O3S. The molecule has 1 aliphatic heterocycles. The zero-order valence-corrected chi connectivity index (χ0v) is 14.7. The summed E-state index contributed by atoms with van der Waals surface area (Å²) in [6.45, 7) is 9.82. The summed E-state index contributed by atoms with van der Waals surface area (Å²) in [6.07, 6.45) is 2.82. The van der Waals surface area contributed by atoms with Crippen molar-refractivity contribution in [1.29, 1.82) is 0 Å². The smallest absolute Gasteiger partial charge is 0.244 e. The van der Waals surface area contributed by atoms with Crippen LogP contribution in [-0.4, -0.2) is 37.8 Å². The highest BCUT2D eigenvalue weighted by molar-refractivity contribution is 7.89. The number of benzene rings is 1. The van der Waals surface area contributed by atoms with Gasteiger partial charge >= 0.3 is 0 Å². The van der Waals surface area contributed by atoms with E-state index in [1.165, 1.54) is 4.31 Å². The van der Waals surface area contributed by atoms with Crippen LogP contribution >= 0.6 is 0 Å². The summed E-state index contributed by atoms with van der Waals surface area (Å²) in [5, 5.41) is 2.70. The Kier molecular flexibility index (Phi) is 5.26. The summed E-state index contributed by atoms with van der Waals surface area (Å²) >= 11 is 0. The maximum atomic E-state index is 13.1. The van der Waals surface area contributed by atoms with Gasteiger partial charge in [-0.2, -0.15) is 4.31 Å². The van der Waals surface area contributed by atoms with E-state index in [1.807, 2.05) is 19.1 Å². The summed E-state index contributed by atoms with van der Waals surface area (Å²) in [5.41, 5.74) is 2.47. The van der Waals surface area contributed by atoms with Gasteiger partial charge in [-0.3, -0.25) is 4.79 Å². The molecule has 126 valence electrons. The summed E-state index contributed by atoms with van der Waals surface area (Å²) in [4.78, 5) is 12.6. The van der Waals surface area contributed by atoms with Gasteiger partial charge in [0.05, 0.1) is 4.90 Å². The van der Waals surface area contributed by atoms with Crippen molar-refractivity contribution in [3.05, 3.63) is 41.5 Å². The van der Waals surface area contributed by atoms with E-state index in [2.05, 4.69) is 11.9 Å². The van der Waals surface area contributed by atoms with Gasteiger partial charge in [0.1, 0.15) is 6.04 Å². The van der Waals surface area contributed by atoms with Crippen LogP contribution in [0.4, 0.5) is 0 Å². The van der Waals surface area contributed by atoms with E-state index < -0.39 is 16.1 Å². The van der Waals surface area contributed by atoms with Crippen molar-refractivity contribution in [2.24, 2.45) is 0 Å². The minimum absolute atomic E-state index is 0.256. The van der Waals surface area contributed by atoms with Crippen LogP contribution in [0.25, 0.3) is 0 Å². The summed E-state index contributed by atoms with van der Waals surface area (Å²) in [6, 6.07) is 3.09. The molecule has 1 atom stereocenters. The normalized spacial score (nSPS) is 18.8. The van der Waals surface area contributed by atoms with Crippen molar-refractivity contribution in [3.8, 4) is 0 Å². The van der Waals surface area contributed by atoms with Crippen molar-refractivity contribution in [1.82, 2.24) is 9.62 Å². The molecule has 1 heterocycles. The number of nitrogens with one attached hydrogen (secondary N) is 1. The molecule has 0 radical (unpaired) electrons. The third-order valence-corrected chi connectivity index (χ3v) is 6.31. The molecule has 1 aliphatic rings. The summed E-state index contributed by atoms with van der Waals surface area (Å²) < 4.78 is 27.5. The predicted molar refractivity (Wildman–Crippen MR) is 90.8 cm³/mol. The highest BCUT2D eigenvalue weighted by atomic mass is 32.2. The molecule has 1 saturated heterocycles. The Morgan fingerprint density at radius 2 is 1.96 bits per heavy atom. The number of aryl methyl sites for hydroxylation is 3. The van der Waals surface area contributed by atoms with Crippen LogP contribution in [0.1, 0.15) is 29.5 Å². The summed E-state index contributed by atoms with van der Waals surface area (Å²) in [7, 11) is -3.69. The van der Waals surface area contributed by atoms with Crippen LogP contribution in [0.2, 0.25) is 0 Å². The van der Waals surface area contributed by atoms with E-state index >= 15 is 0 Å². The molecule has 0 spiro atoms. The molecular weight excluding hydrogens is 312 g/mol. The average molecular weight is 336 g/mol. The van der Waals surface area contributed by atoms with Crippen molar-refractivity contribution < 1.29 is 13.2 Å². The number of nitrogens with zero attached hydrogens (tertiary/aromatic N) is 1. The maximum Gasteiger partial charge on any atom is 0.244 e. The first-order valence-electron chi connectivity index (χ1n) is 7.77. The largest absolute Gasteiger partial charge is 0.351 e. The van der Waals surface area contributed by atoms with E-state index in [-0.39, 0.29) is 5.91 Å². The minimum Gasteiger partial charge on any atom is -0.351 e. The van der Waals surface area contributed by atoms with Crippen molar-refractivity contribution >= 4 is 15.9 Å². The van der Waals surface area contributed by atoms with Crippen molar-refractivity contribution in [2.75, 3.05) is 13.1 Å². The third kappa shape index (κ3) is 3.48. The molecule has 0 bridgehead atoms. The van der Waals surface area contributed by atoms with Crippen LogP contribution in [-0.2, 0) is 14.8 Å². The summed E-state index contributed by atoms with van der Waals surface area (Å²) in [5.74, 6) is -0.256. The molecule has 0 saturated carbocycles. The van der Waals surface area contributed by atoms with Crippen LogP contribution in [0, 0.1) is 20.8 Å². The first-order chi connectivity index (χ1) is 10.8. The zero-order valence-electron chi connectivity index (χ0n) is 13.9. The molecule has 23 heavy (non-hydrogen) atoms. The molecule has 1 N–H and O–H groups in total. The van der Waals surface area contributed by atoms with Gasteiger partial charge < -0.3 is 5.32 Å². The van der Waals surface area contributed by atoms with E-state index in [1.54, 1.807) is 19.9 Å². The molecule has 1 fully saturated rings. The van der Waals surface area contributed by atoms with Crippen LogP contribution in [0.15, 0.2) is 29.7 Å². The van der Waals surface area contributed by atoms with E-state index in [0.29, 0.717) is 30.8 Å². The molecule has 6 heteroatoms. The molecule has 0 aromatic heterocycles. The lowest BCUT2D eigenvalue weighted by molar-refractivity contribution is -0.123. The first kappa shape index (κ1) is 17.7. The molecule has 2 rings (SSSR count). The Bertz CT molecular complexity index is 702. The Balaban J connectivity index is 2.39. The predicted octanol–water partition coefficient (Wildman–Crippen LogP) is 2.07. The second-order valence-corrected chi connectivity index (χ2v) is 7.86.